The van der Waals surface area contributed by atoms with Crippen LogP contribution < -0.4 is 10.1 Å². The molecule has 6 heteroatoms. The molecule has 136 valence electrons. The van der Waals surface area contributed by atoms with Crippen LogP contribution in [-0.4, -0.2) is 26.7 Å². The minimum absolute atomic E-state index is 0.00432. The molecule has 2 aromatic rings. The summed E-state index contributed by atoms with van der Waals surface area (Å²) in [5.41, 5.74) is 1.78. The molecule has 0 aromatic heterocycles. The van der Waals surface area contributed by atoms with Gasteiger partial charge in [0.25, 0.3) is 0 Å². The molecular formula is C20H21NO4S. The van der Waals surface area contributed by atoms with Crippen LogP contribution in [0.4, 0.5) is 5.69 Å². The summed E-state index contributed by atoms with van der Waals surface area (Å²) >= 11 is 0. The van der Waals surface area contributed by atoms with Crippen molar-refractivity contribution in [3.63, 3.8) is 0 Å². The number of para-hydroxylation sites is 2. The molecule has 26 heavy (non-hydrogen) atoms. The first-order chi connectivity index (χ1) is 12.5. The number of allylic oxidation sites excluding steroid dienone is 1. The van der Waals surface area contributed by atoms with Gasteiger partial charge in [0, 0.05) is 24.2 Å². The number of carbonyl (C=O) groups is 1. The van der Waals surface area contributed by atoms with E-state index in [2.05, 4.69) is 5.32 Å². The van der Waals surface area contributed by atoms with E-state index in [-0.39, 0.29) is 24.0 Å². The van der Waals surface area contributed by atoms with Gasteiger partial charge in [0.2, 0.25) is 5.91 Å². The molecule has 1 unspecified atom stereocenters. The molecule has 0 bridgehead atoms. The Kier molecular flexibility index (Phi) is 5.73. The van der Waals surface area contributed by atoms with Crippen LogP contribution in [-0.2, 0) is 21.1 Å². The standard InChI is InChI=1S/C20H21NO4S/c22-20(14-17-11-13-26(23,24)15-17)21-18-8-4-5-9-19(18)25-12-10-16-6-2-1-3-7-16/h1-9,11,13,17H,10,12,14-15H2,(H,21,22). The van der Waals surface area contributed by atoms with Crippen LogP contribution in [0.2, 0.25) is 0 Å². The van der Waals surface area contributed by atoms with Gasteiger partial charge in [-0.3, -0.25) is 4.79 Å². The summed E-state index contributed by atoms with van der Waals surface area (Å²) < 4.78 is 28.7. The SMILES string of the molecule is O=C(CC1C=CS(=O)(=O)C1)Nc1ccccc1OCCc1ccccc1. The molecular weight excluding hydrogens is 350 g/mol. The molecule has 0 radical (unpaired) electrons. The maximum absolute atomic E-state index is 12.2. The summed E-state index contributed by atoms with van der Waals surface area (Å²) in [6, 6.07) is 17.3. The Morgan fingerprint density at radius 3 is 2.54 bits per heavy atom. The fourth-order valence-corrected chi connectivity index (χ4v) is 4.22. The number of hydrogen-bond acceptors (Lipinski definition) is 4. The van der Waals surface area contributed by atoms with Crippen LogP contribution in [0, 0.1) is 5.92 Å². The van der Waals surface area contributed by atoms with Crippen molar-refractivity contribution in [1.29, 1.82) is 0 Å². The fourth-order valence-electron chi connectivity index (χ4n) is 2.83. The van der Waals surface area contributed by atoms with Crippen LogP contribution in [0.3, 0.4) is 0 Å². The number of anilines is 1. The van der Waals surface area contributed by atoms with Crippen LogP contribution in [0.25, 0.3) is 0 Å². The van der Waals surface area contributed by atoms with Crippen molar-refractivity contribution >= 4 is 21.4 Å². The predicted molar refractivity (Wildman–Crippen MR) is 102 cm³/mol. The Hall–Kier alpha value is -2.60. The van der Waals surface area contributed by atoms with E-state index < -0.39 is 9.84 Å². The summed E-state index contributed by atoms with van der Waals surface area (Å²) in [6.45, 7) is 0.500. The number of benzene rings is 2. The van der Waals surface area contributed by atoms with Crippen molar-refractivity contribution in [2.24, 2.45) is 5.92 Å². The Labute approximate surface area is 153 Å². The number of amides is 1. The smallest absolute Gasteiger partial charge is 0.225 e. The van der Waals surface area contributed by atoms with Gasteiger partial charge >= 0.3 is 0 Å². The summed E-state index contributed by atoms with van der Waals surface area (Å²) in [5.74, 6) is 0.101. The second kappa shape index (κ2) is 8.19. The molecule has 3 rings (SSSR count). The number of ether oxygens (including phenoxy) is 1. The number of nitrogens with one attached hydrogen (secondary N) is 1. The number of sulfone groups is 1. The maximum atomic E-state index is 12.2. The predicted octanol–water partition coefficient (Wildman–Crippen LogP) is 3.20. The van der Waals surface area contributed by atoms with Crippen LogP contribution in [0.1, 0.15) is 12.0 Å². The molecule has 1 aliphatic rings. The average Bonchev–Trinajstić information content (AvgIpc) is 2.95. The third-order valence-electron chi connectivity index (χ3n) is 4.10. The number of rotatable bonds is 7. The normalized spacial score (nSPS) is 17.8. The van der Waals surface area contributed by atoms with Crippen LogP contribution in [0.5, 0.6) is 5.75 Å². The average molecular weight is 371 g/mol. The highest BCUT2D eigenvalue weighted by atomic mass is 32.2. The van der Waals surface area contributed by atoms with E-state index in [1.165, 1.54) is 11.0 Å². The summed E-state index contributed by atoms with van der Waals surface area (Å²) in [7, 11) is -3.15. The molecule has 1 N–H and O–H groups in total. The lowest BCUT2D eigenvalue weighted by Crippen LogP contribution is -2.18. The lowest BCUT2D eigenvalue weighted by molar-refractivity contribution is -0.116. The van der Waals surface area contributed by atoms with Gasteiger partial charge in [-0.15, -0.1) is 0 Å². The van der Waals surface area contributed by atoms with Crippen molar-refractivity contribution in [2.45, 2.75) is 12.8 Å². The lowest BCUT2D eigenvalue weighted by atomic mass is 10.1. The molecule has 1 heterocycles. The number of carbonyl (C=O) groups excluding carboxylic acids is 1. The molecule has 0 saturated carbocycles. The molecule has 0 saturated heterocycles. The highest BCUT2D eigenvalue weighted by Crippen LogP contribution is 2.25. The zero-order valence-corrected chi connectivity index (χ0v) is 15.1. The second-order valence-corrected chi connectivity index (χ2v) is 8.18. The van der Waals surface area contributed by atoms with E-state index in [0.717, 1.165) is 6.42 Å². The largest absolute Gasteiger partial charge is 0.491 e. The topological polar surface area (TPSA) is 72.5 Å². The van der Waals surface area contributed by atoms with Gasteiger partial charge in [0.15, 0.2) is 9.84 Å². The zero-order chi connectivity index (χ0) is 18.4. The minimum Gasteiger partial charge on any atom is -0.491 e. The molecule has 0 fully saturated rings. The Bertz CT molecular complexity index is 891. The van der Waals surface area contributed by atoms with Crippen molar-refractivity contribution < 1.29 is 17.9 Å². The minimum atomic E-state index is -3.15. The highest BCUT2D eigenvalue weighted by molar-refractivity contribution is 7.94. The first-order valence-corrected chi connectivity index (χ1v) is 10.2. The van der Waals surface area contributed by atoms with Gasteiger partial charge in [0.05, 0.1) is 18.0 Å². The lowest BCUT2D eigenvalue weighted by Gasteiger charge is -2.13. The summed E-state index contributed by atoms with van der Waals surface area (Å²) in [5, 5.41) is 4.01. The Morgan fingerprint density at radius 1 is 1.08 bits per heavy atom. The van der Waals surface area contributed by atoms with Crippen molar-refractivity contribution in [1.82, 2.24) is 0 Å². The molecule has 1 atom stereocenters. The molecule has 5 nitrogen and oxygen atoms in total. The maximum Gasteiger partial charge on any atom is 0.225 e. The monoisotopic (exact) mass is 371 g/mol. The van der Waals surface area contributed by atoms with E-state index in [0.29, 0.717) is 18.0 Å². The molecule has 2 aromatic carbocycles. The van der Waals surface area contributed by atoms with Gasteiger partial charge < -0.3 is 10.1 Å². The molecule has 0 spiro atoms. The fraction of sp³-hybridized carbons (Fsp3) is 0.250. The van der Waals surface area contributed by atoms with E-state index in [1.807, 2.05) is 42.5 Å². The highest BCUT2D eigenvalue weighted by Gasteiger charge is 2.24. The van der Waals surface area contributed by atoms with E-state index in [1.54, 1.807) is 18.2 Å². The summed E-state index contributed by atoms with van der Waals surface area (Å²) in [4.78, 5) is 12.2. The molecule has 1 amide bonds. The van der Waals surface area contributed by atoms with E-state index in [9.17, 15) is 13.2 Å². The quantitative estimate of drug-likeness (QED) is 0.811. The van der Waals surface area contributed by atoms with Crippen LogP contribution >= 0.6 is 0 Å². The van der Waals surface area contributed by atoms with Gasteiger partial charge in [0.1, 0.15) is 5.75 Å². The van der Waals surface area contributed by atoms with E-state index >= 15 is 0 Å². The Morgan fingerprint density at radius 2 is 1.81 bits per heavy atom. The number of hydrogen-bond donors (Lipinski definition) is 1. The van der Waals surface area contributed by atoms with Crippen molar-refractivity contribution in [2.75, 3.05) is 17.7 Å². The first-order valence-electron chi connectivity index (χ1n) is 8.48. The first kappa shape index (κ1) is 18.2. The van der Waals surface area contributed by atoms with Crippen LogP contribution in [0.15, 0.2) is 66.1 Å². The van der Waals surface area contributed by atoms with Gasteiger partial charge in [-0.1, -0.05) is 48.5 Å². The van der Waals surface area contributed by atoms with Crippen molar-refractivity contribution in [3.05, 3.63) is 71.6 Å². The molecule has 0 aliphatic carbocycles. The summed E-state index contributed by atoms with van der Waals surface area (Å²) in [6.07, 6.45) is 2.49. The van der Waals surface area contributed by atoms with Gasteiger partial charge in [-0.2, -0.15) is 0 Å². The van der Waals surface area contributed by atoms with E-state index in [4.69, 9.17) is 4.74 Å². The molecule has 1 aliphatic heterocycles. The second-order valence-electron chi connectivity index (χ2n) is 6.25. The zero-order valence-electron chi connectivity index (χ0n) is 14.3. The third-order valence-corrected chi connectivity index (χ3v) is 5.57. The third kappa shape index (κ3) is 5.20. The van der Waals surface area contributed by atoms with Gasteiger partial charge in [-0.05, 0) is 17.7 Å². The van der Waals surface area contributed by atoms with Gasteiger partial charge in [-0.25, -0.2) is 8.42 Å². The Balaban J connectivity index is 1.55. The van der Waals surface area contributed by atoms with Crippen molar-refractivity contribution in [3.8, 4) is 5.75 Å².